The van der Waals surface area contributed by atoms with E-state index in [2.05, 4.69) is 4.72 Å². The van der Waals surface area contributed by atoms with E-state index in [1.165, 1.54) is 0 Å². The smallest absolute Gasteiger partial charge is 0.243 e. The molecular formula is C14H19F2NO3S. The number of hydrogen-bond donors (Lipinski definition) is 2. The number of halogens is 2. The third kappa shape index (κ3) is 3.78. The van der Waals surface area contributed by atoms with E-state index >= 15 is 0 Å². The molecule has 118 valence electrons. The molecule has 0 atom stereocenters. The van der Waals surface area contributed by atoms with E-state index < -0.39 is 32.0 Å². The van der Waals surface area contributed by atoms with E-state index in [0.29, 0.717) is 6.07 Å². The summed E-state index contributed by atoms with van der Waals surface area (Å²) in [5.41, 5.74) is -0.505. The third-order valence-corrected chi connectivity index (χ3v) is 5.49. The Morgan fingerprint density at radius 1 is 1.19 bits per heavy atom. The van der Waals surface area contributed by atoms with E-state index in [4.69, 9.17) is 0 Å². The fourth-order valence-electron chi connectivity index (χ4n) is 2.70. The lowest BCUT2D eigenvalue weighted by Gasteiger charge is -2.35. The fraction of sp³-hybridized carbons (Fsp3) is 0.571. The topological polar surface area (TPSA) is 66.4 Å². The lowest BCUT2D eigenvalue weighted by Crippen LogP contribution is -2.41. The van der Waals surface area contributed by atoms with Gasteiger partial charge < -0.3 is 5.11 Å². The zero-order valence-corrected chi connectivity index (χ0v) is 12.4. The first-order chi connectivity index (χ1) is 9.88. The molecule has 0 bridgehead atoms. The van der Waals surface area contributed by atoms with Crippen LogP contribution in [0.3, 0.4) is 0 Å². The molecule has 0 saturated heterocycles. The van der Waals surface area contributed by atoms with Gasteiger partial charge in [-0.3, -0.25) is 0 Å². The van der Waals surface area contributed by atoms with E-state index in [1.807, 2.05) is 0 Å². The number of benzene rings is 1. The first-order valence-corrected chi connectivity index (χ1v) is 8.42. The van der Waals surface area contributed by atoms with Gasteiger partial charge in [0.05, 0.1) is 0 Å². The van der Waals surface area contributed by atoms with Crippen LogP contribution in [0.15, 0.2) is 23.1 Å². The predicted octanol–water partition coefficient (Wildman–Crippen LogP) is 2.19. The average Bonchev–Trinajstić information content (AvgIpc) is 2.49. The minimum absolute atomic E-state index is 0.0296. The highest BCUT2D eigenvalue weighted by Crippen LogP contribution is 2.35. The fourth-order valence-corrected chi connectivity index (χ4v) is 3.95. The van der Waals surface area contributed by atoms with Crippen LogP contribution in [0.5, 0.6) is 0 Å². The molecule has 2 N–H and O–H groups in total. The van der Waals surface area contributed by atoms with Gasteiger partial charge >= 0.3 is 0 Å². The zero-order valence-electron chi connectivity index (χ0n) is 11.6. The summed E-state index contributed by atoms with van der Waals surface area (Å²) < 4.78 is 53.2. The SMILES string of the molecule is O=S(=O)(NCC1(CO)CCCCC1)c1cc(F)ccc1F. The highest BCUT2D eigenvalue weighted by Gasteiger charge is 2.33. The largest absolute Gasteiger partial charge is 0.396 e. The monoisotopic (exact) mass is 319 g/mol. The number of aliphatic hydroxyl groups is 1. The van der Waals surface area contributed by atoms with Gasteiger partial charge in [-0.15, -0.1) is 0 Å². The van der Waals surface area contributed by atoms with Crippen molar-refractivity contribution in [1.82, 2.24) is 4.72 Å². The molecule has 0 radical (unpaired) electrons. The molecule has 0 heterocycles. The maximum absolute atomic E-state index is 13.6. The van der Waals surface area contributed by atoms with Crippen molar-refractivity contribution in [3.8, 4) is 0 Å². The first kappa shape index (κ1) is 16.3. The van der Waals surface area contributed by atoms with Gasteiger partial charge in [-0.05, 0) is 31.0 Å². The summed E-state index contributed by atoms with van der Waals surface area (Å²) in [6.07, 6.45) is 4.36. The summed E-state index contributed by atoms with van der Waals surface area (Å²) >= 11 is 0. The van der Waals surface area contributed by atoms with E-state index in [0.717, 1.165) is 44.2 Å². The van der Waals surface area contributed by atoms with Crippen molar-refractivity contribution in [1.29, 1.82) is 0 Å². The highest BCUT2D eigenvalue weighted by atomic mass is 32.2. The van der Waals surface area contributed by atoms with E-state index in [-0.39, 0.29) is 13.2 Å². The van der Waals surface area contributed by atoms with Crippen molar-refractivity contribution in [2.45, 2.75) is 37.0 Å². The number of rotatable bonds is 5. The van der Waals surface area contributed by atoms with Gasteiger partial charge in [-0.2, -0.15) is 0 Å². The van der Waals surface area contributed by atoms with Crippen molar-refractivity contribution >= 4 is 10.0 Å². The molecular weight excluding hydrogens is 300 g/mol. The molecule has 4 nitrogen and oxygen atoms in total. The maximum atomic E-state index is 13.6. The molecule has 1 fully saturated rings. The molecule has 1 aromatic rings. The van der Waals surface area contributed by atoms with Gasteiger partial charge in [0.2, 0.25) is 10.0 Å². The van der Waals surface area contributed by atoms with Crippen LogP contribution in [0.2, 0.25) is 0 Å². The first-order valence-electron chi connectivity index (χ1n) is 6.94. The summed E-state index contributed by atoms with van der Waals surface area (Å²) in [4.78, 5) is -0.702. The summed E-state index contributed by atoms with van der Waals surface area (Å²) in [5.74, 6) is -1.81. The number of aliphatic hydroxyl groups excluding tert-OH is 1. The van der Waals surface area contributed by atoms with E-state index in [9.17, 15) is 22.3 Å². The molecule has 1 aromatic carbocycles. The van der Waals surface area contributed by atoms with Crippen LogP contribution in [0.25, 0.3) is 0 Å². The number of sulfonamides is 1. The van der Waals surface area contributed by atoms with Crippen LogP contribution in [-0.4, -0.2) is 26.7 Å². The Kier molecular flexibility index (Phi) is 4.95. The van der Waals surface area contributed by atoms with Crippen LogP contribution >= 0.6 is 0 Å². The summed E-state index contributed by atoms with van der Waals surface area (Å²) in [6, 6.07) is 2.31. The van der Waals surface area contributed by atoms with Crippen LogP contribution in [0.4, 0.5) is 8.78 Å². The summed E-state index contributed by atoms with van der Waals surface area (Å²) in [6.45, 7) is -0.0943. The molecule has 0 aliphatic heterocycles. The molecule has 2 rings (SSSR count). The molecule has 1 aliphatic carbocycles. The Balaban J connectivity index is 2.15. The molecule has 1 aliphatic rings. The van der Waals surface area contributed by atoms with Gasteiger partial charge in [0, 0.05) is 18.6 Å². The van der Waals surface area contributed by atoms with Gasteiger partial charge in [-0.25, -0.2) is 21.9 Å². The normalized spacial score (nSPS) is 18.6. The Morgan fingerprint density at radius 3 is 2.48 bits per heavy atom. The summed E-state index contributed by atoms with van der Waals surface area (Å²) in [5, 5.41) is 9.54. The van der Waals surface area contributed by atoms with Crippen LogP contribution in [0.1, 0.15) is 32.1 Å². The Morgan fingerprint density at radius 2 is 1.86 bits per heavy atom. The Hall–Kier alpha value is -1.05. The maximum Gasteiger partial charge on any atom is 0.243 e. The van der Waals surface area contributed by atoms with Crippen LogP contribution in [-0.2, 0) is 10.0 Å². The van der Waals surface area contributed by atoms with Gasteiger partial charge in [-0.1, -0.05) is 19.3 Å². The second-order valence-electron chi connectivity index (χ2n) is 5.62. The van der Waals surface area contributed by atoms with Crippen molar-refractivity contribution in [2.75, 3.05) is 13.2 Å². The van der Waals surface area contributed by atoms with Crippen LogP contribution < -0.4 is 4.72 Å². The Labute approximate surface area is 123 Å². The molecule has 21 heavy (non-hydrogen) atoms. The molecule has 0 spiro atoms. The summed E-state index contributed by atoms with van der Waals surface area (Å²) in [7, 11) is -4.14. The molecule has 0 aromatic heterocycles. The molecule has 0 amide bonds. The Bertz CT molecular complexity index is 598. The quantitative estimate of drug-likeness (QED) is 0.874. The van der Waals surface area contributed by atoms with Gasteiger partial charge in [0.25, 0.3) is 0 Å². The second kappa shape index (κ2) is 6.37. The standard InChI is InChI=1S/C14H19F2NO3S/c15-11-4-5-12(16)13(8-11)21(19,20)17-9-14(10-18)6-2-1-3-7-14/h4-5,8,17-18H,1-3,6-7,9-10H2. The zero-order chi connectivity index (χ0) is 15.5. The predicted molar refractivity (Wildman–Crippen MR) is 74.2 cm³/mol. The van der Waals surface area contributed by atoms with Crippen molar-refractivity contribution in [2.24, 2.45) is 5.41 Å². The van der Waals surface area contributed by atoms with E-state index in [1.54, 1.807) is 0 Å². The lowest BCUT2D eigenvalue weighted by molar-refractivity contribution is 0.0867. The van der Waals surface area contributed by atoms with Gasteiger partial charge in [0.15, 0.2) is 0 Å². The molecule has 7 heteroatoms. The molecule has 1 saturated carbocycles. The third-order valence-electron chi connectivity index (χ3n) is 4.07. The highest BCUT2D eigenvalue weighted by molar-refractivity contribution is 7.89. The minimum atomic E-state index is -4.14. The number of hydrogen-bond acceptors (Lipinski definition) is 3. The van der Waals surface area contributed by atoms with Crippen LogP contribution in [0, 0.1) is 17.0 Å². The number of nitrogens with one attached hydrogen (secondary N) is 1. The van der Waals surface area contributed by atoms with Gasteiger partial charge in [0.1, 0.15) is 16.5 Å². The molecule has 0 unspecified atom stereocenters. The average molecular weight is 319 g/mol. The minimum Gasteiger partial charge on any atom is -0.396 e. The van der Waals surface area contributed by atoms with Crippen molar-refractivity contribution in [3.05, 3.63) is 29.8 Å². The lowest BCUT2D eigenvalue weighted by atomic mass is 9.75. The van der Waals surface area contributed by atoms with Crippen molar-refractivity contribution < 1.29 is 22.3 Å². The second-order valence-corrected chi connectivity index (χ2v) is 7.35. The van der Waals surface area contributed by atoms with Crippen molar-refractivity contribution in [3.63, 3.8) is 0 Å².